The Kier molecular flexibility index (Phi) is 7.42. The average molecular weight is 504 g/mol. The number of benzene rings is 2. The summed E-state index contributed by atoms with van der Waals surface area (Å²) in [6.45, 7) is 6.57. The van der Waals surface area contributed by atoms with Crippen LogP contribution in [0.4, 0.5) is 5.69 Å². The van der Waals surface area contributed by atoms with Crippen LogP contribution >= 0.6 is 24.0 Å². The largest absolute Gasteiger partial charge is 0.326 e. The van der Waals surface area contributed by atoms with E-state index in [0.29, 0.717) is 14.9 Å². The Morgan fingerprint density at radius 2 is 1.73 bits per heavy atom. The van der Waals surface area contributed by atoms with Crippen molar-refractivity contribution in [3.63, 3.8) is 0 Å². The van der Waals surface area contributed by atoms with Gasteiger partial charge in [-0.3, -0.25) is 14.5 Å². The number of anilines is 1. The van der Waals surface area contributed by atoms with Crippen LogP contribution in [0.5, 0.6) is 0 Å². The predicted molar refractivity (Wildman–Crippen MR) is 136 cm³/mol. The van der Waals surface area contributed by atoms with E-state index in [9.17, 15) is 18.0 Å². The average Bonchev–Trinajstić information content (AvgIpc) is 2.98. The molecule has 0 bridgehead atoms. The number of rotatable bonds is 6. The number of carbonyl (C=O) groups excluding carboxylic acids is 2. The van der Waals surface area contributed by atoms with E-state index in [0.717, 1.165) is 5.56 Å². The van der Waals surface area contributed by atoms with E-state index in [1.54, 1.807) is 6.08 Å². The van der Waals surface area contributed by atoms with Crippen molar-refractivity contribution in [2.24, 2.45) is 5.14 Å². The Morgan fingerprint density at radius 3 is 2.27 bits per heavy atom. The molecule has 1 heterocycles. The van der Waals surface area contributed by atoms with Gasteiger partial charge in [0.15, 0.2) is 0 Å². The molecule has 0 radical (unpaired) electrons. The summed E-state index contributed by atoms with van der Waals surface area (Å²) in [7, 11) is -3.80. The molecular weight excluding hydrogens is 478 g/mol. The zero-order chi connectivity index (χ0) is 24.4. The molecule has 10 heteroatoms. The summed E-state index contributed by atoms with van der Waals surface area (Å²) in [5, 5.41) is 7.73. The highest BCUT2D eigenvalue weighted by molar-refractivity contribution is 8.26. The maximum absolute atomic E-state index is 12.8. The van der Waals surface area contributed by atoms with Gasteiger partial charge in [0.05, 0.1) is 9.80 Å². The van der Waals surface area contributed by atoms with Crippen LogP contribution in [-0.2, 0) is 25.0 Å². The summed E-state index contributed by atoms with van der Waals surface area (Å²) in [4.78, 5) is 27.0. The maximum Gasteiger partial charge on any atom is 0.266 e. The van der Waals surface area contributed by atoms with Crippen LogP contribution in [0.3, 0.4) is 0 Å². The Balaban J connectivity index is 1.59. The molecule has 7 nitrogen and oxygen atoms in total. The van der Waals surface area contributed by atoms with Gasteiger partial charge in [0.2, 0.25) is 15.9 Å². The number of hydrogen-bond acceptors (Lipinski definition) is 6. The van der Waals surface area contributed by atoms with Gasteiger partial charge >= 0.3 is 0 Å². The summed E-state index contributed by atoms with van der Waals surface area (Å²) in [6, 6.07) is 13.6. The third kappa shape index (κ3) is 6.50. The van der Waals surface area contributed by atoms with Gasteiger partial charge in [-0.25, -0.2) is 13.6 Å². The lowest BCUT2D eigenvalue weighted by Crippen LogP contribution is -2.31. The van der Waals surface area contributed by atoms with E-state index in [4.69, 9.17) is 17.4 Å². The molecule has 0 unspecified atom stereocenters. The van der Waals surface area contributed by atoms with Crippen LogP contribution in [0.1, 0.15) is 38.3 Å². The van der Waals surface area contributed by atoms with Crippen LogP contribution < -0.4 is 10.5 Å². The predicted octanol–water partition coefficient (Wildman–Crippen LogP) is 3.86. The summed E-state index contributed by atoms with van der Waals surface area (Å²) in [5.41, 5.74) is 2.59. The van der Waals surface area contributed by atoms with Crippen LogP contribution in [0, 0.1) is 0 Å². The van der Waals surface area contributed by atoms with Crippen molar-refractivity contribution in [1.29, 1.82) is 0 Å². The highest BCUT2D eigenvalue weighted by Gasteiger charge is 2.32. The van der Waals surface area contributed by atoms with E-state index in [-0.39, 0.29) is 35.1 Å². The van der Waals surface area contributed by atoms with E-state index < -0.39 is 10.0 Å². The molecule has 2 amide bonds. The molecular formula is C23H25N3O4S3. The zero-order valence-electron chi connectivity index (χ0n) is 18.5. The molecule has 0 spiro atoms. The summed E-state index contributed by atoms with van der Waals surface area (Å²) >= 11 is 6.55. The second-order valence-corrected chi connectivity index (χ2v) is 11.8. The second-order valence-electron chi connectivity index (χ2n) is 8.57. The number of nitrogens with two attached hydrogens (primary N) is 1. The highest BCUT2D eigenvalue weighted by Crippen LogP contribution is 2.33. The number of carbonyl (C=O) groups is 2. The smallest absolute Gasteiger partial charge is 0.266 e. The lowest BCUT2D eigenvalue weighted by atomic mass is 9.87. The van der Waals surface area contributed by atoms with Gasteiger partial charge in [-0.2, -0.15) is 0 Å². The van der Waals surface area contributed by atoms with Gasteiger partial charge in [-0.05, 0) is 46.9 Å². The molecule has 0 saturated carbocycles. The first-order chi connectivity index (χ1) is 15.3. The first kappa shape index (κ1) is 25.1. The van der Waals surface area contributed by atoms with E-state index in [2.05, 4.69) is 26.1 Å². The molecule has 1 saturated heterocycles. The van der Waals surface area contributed by atoms with E-state index in [1.165, 1.54) is 46.5 Å². The number of sulfonamides is 1. The summed E-state index contributed by atoms with van der Waals surface area (Å²) in [5.74, 6) is -0.552. The van der Waals surface area contributed by atoms with Crippen molar-refractivity contribution in [3.8, 4) is 0 Å². The minimum atomic E-state index is -3.80. The molecule has 0 atom stereocenters. The Morgan fingerprint density at radius 1 is 1.12 bits per heavy atom. The van der Waals surface area contributed by atoms with Gasteiger partial charge in [0.1, 0.15) is 4.32 Å². The van der Waals surface area contributed by atoms with Crippen LogP contribution in [0.15, 0.2) is 58.3 Å². The van der Waals surface area contributed by atoms with Crippen molar-refractivity contribution in [1.82, 2.24) is 4.90 Å². The monoisotopic (exact) mass is 503 g/mol. The number of nitrogens with zero attached hydrogens (tertiary/aromatic N) is 1. The topological polar surface area (TPSA) is 110 Å². The molecule has 3 N–H and O–H groups in total. The maximum atomic E-state index is 12.8. The molecule has 174 valence electrons. The number of nitrogens with one attached hydrogen (secondary N) is 1. The van der Waals surface area contributed by atoms with Gasteiger partial charge in [-0.1, -0.05) is 69.0 Å². The standard InChI is InChI=1S/C23H25N3O4S3/c1-23(2,3)16-6-4-15(5-7-16)14-19-21(28)26(22(31)32-19)13-12-20(27)25-17-8-10-18(11-9-17)33(24,29)30/h4-11,14H,12-13H2,1-3H3,(H,25,27)(H2,24,29,30)/b19-14-. The first-order valence-corrected chi connectivity index (χ1v) is 12.9. The molecule has 3 rings (SSSR count). The first-order valence-electron chi connectivity index (χ1n) is 10.1. The highest BCUT2D eigenvalue weighted by atomic mass is 32.2. The Labute approximate surface area is 203 Å². The minimum Gasteiger partial charge on any atom is -0.326 e. The number of thioether (sulfide) groups is 1. The minimum absolute atomic E-state index is 0.0386. The van der Waals surface area contributed by atoms with Crippen molar-refractivity contribution in [3.05, 3.63) is 64.6 Å². The van der Waals surface area contributed by atoms with E-state index in [1.807, 2.05) is 24.3 Å². The van der Waals surface area contributed by atoms with Gasteiger partial charge in [-0.15, -0.1) is 0 Å². The molecule has 1 fully saturated rings. The molecule has 0 aliphatic carbocycles. The second kappa shape index (κ2) is 9.76. The molecule has 2 aromatic carbocycles. The number of hydrogen-bond donors (Lipinski definition) is 2. The fraction of sp³-hybridized carbons (Fsp3) is 0.261. The molecule has 1 aliphatic heterocycles. The van der Waals surface area contributed by atoms with Crippen molar-refractivity contribution >= 4 is 61.9 Å². The number of amides is 2. The zero-order valence-corrected chi connectivity index (χ0v) is 20.9. The molecule has 33 heavy (non-hydrogen) atoms. The fourth-order valence-corrected chi connectivity index (χ4v) is 4.91. The van der Waals surface area contributed by atoms with Crippen molar-refractivity contribution in [2.45, 2.75) is 37.5 Å². The van der Waals surface area contributed by atoms with Gasteiger partial charge in [0.25, 0.3) is 5.91 Å². The van der Waals surface area contributed by atoms with Gasteiger partial charge in [0, 0.05) is 18.7 Å². The van der Waals surface area contributed by atoms with Gasteiger partial charge < -0.3 is 5.32 Å². The third-order valence-corrected chi connectivity index (χ3v) is 7.28. The molecule has 0 aromatic heterocycles. The van der Waals surface area contributed by atoms with Crippen LogP contribution in [-0.4, -0.2) is 36.0 Å². The van der Waals surface area contributed by atoms with Crippen molar-refractivity contribution in [2.75, 3.05) is 11.9 Å². The lowest BCUT2D eigenvalue weighted by molar-refractivity contribution is -0.122. The Hall–Kier alpha value is -2.53. The normalized spacial score (nSPS) is 15.9. The number of primary sulfonamides is 1. The van der Waals surface area contributed by atoms with Crippen LogP contribution in [0.25, 0.3) is 6.08 Å². The quantitative estimate of drug-likeness (QED) is 0.458. The van der Waals surface area contributed by atoms with E-state index >= 15 is 0 Å². The number of thiocarbonyl (C=S) groups is 1. The lowest BCUT2D eigenvalue weighted by Gasteiger charge is -2.18. The SMILES string of the molecule is CC(C)(C)c1ccc(/C=C2\SC(=S)N(CCC(=O)Nc3ccc(S(N)(=O)=O)cc3)C2=O)cc1. The molecule has 2 aromatic rings. The third-order valence-electron chi connectivity index (χ3n) is 4.98. The Bertz CT molecular complexity index is 1210. The van der Waals surface area contributed by atoms with Crippen LogP contribution in [0.2, 0.25) is 0 Å². The summed E-state index contributed by atoms with van der Waals surface area (Å²) in [6.07, 6.45) is 1.84. The summed E-state index contributed by atoms with van der Waals surface area (Å²) < 4.78 is 23.0. The van der Waals surface area contributed by atoms with Crippen molar-refractivity contribution < 1.29 is 18.0 Å². The fourth-order valence-electron chi connectivity index (χ4n) is 3.09. The molecule has 1 aliphatic rings.